The molecule has 0 amide bonds. The average Bonchev–Trinajstić information content (AvgIpc) is 2.41. The topological polar surface area (TPSA) is 24.7 Å². The van der Waals surface area contributed by atoms with Crippen molar-refractivity contribution in [1.29, 1.82) is 0 Å². The minimum Gasteiger partial charge on any atom is -0.291 e. The SMILES string of the molecule is CN=C1Cc2c(C)c(C)c(C)c(C)c2CC1=NC. The van der Waals surface area contributed by atoms with Crippen LogP contribution in [-0.2, 0) is 12.8 Å². The van der Waals surface area contributed by atoms with E-state index in [1.165, 1.54) is 33.4 Å². The maximum atomic E-state index is 4.41. The normalized spacial score (nSPS) is 19.4. The van der Waals surface area contributed by atoms with E-state index in [4.69, 9.17) is 0 Å². The second-order valence-electron chi connectivity index (χ2n) is 5.15. The Balaban J connectivity index is 2.70. The predicted octanol–water partition coefficient (Wildman–Crippen LogP) is 3.16. The Morgan fingerprint density at radius 3 is 1.22 bits per heavy atom. The molecule has 2 rings (SSSR count). The predicted molar refractivity (Wildman–Crippen MR) is 79.5 cm³/mol. The van der Waals surface area contributed by atoms with Crippen molar-refractivity contribution < 1.29 is 0 Å². The molecule has 0 radical (unpaired) electrons. The Morgan fingerprint density at radius 2 is 0.944 bits per heavy atom. The second kappa shape index (κ2) is 4.68. The molecule has 0 aromatic heterocycles. The molecule has 1 aromatic rings. The highest BCUT2D eigenvalue weighted by Crippen LogP contribution is 2.30. The van der Waals surface area contributed by atoms with Crippen molar-refractivity contribution in [3.8, 4) is 0 Å². The van der Waals surface area contributed by atoms with E-state index < -0.39 is 0 Å². The Hall–Kier alpha value is -1.44. The van der Waals surface area contributed by atoms with Crippen molar-refractivity contribution in [2.24, 2.45) is 9.98 Å². The first kappa shape index (κ1) is 13.0. The van der Waals surface area contributed by atoms with Crippen LogP contribution in [0.15, 0.2) is 9.98 Å². The van der Waals surface area contributed by atoms with E-state index >= 15 is 0 Å². The Bertz CT molecular complexity index is 512. The molecule has 0 spiro atoms. The van der Waals surface area contributed by atoms with E-state index in [2.05, 4.69) is 37.7 Å². The minimum atomic E-state index is 0.937. The van der Waals surface area contributed by atoms with Crippen LogP contribution < -0.4 is 0 Å². The summed E-state index contributed by atoms with van der Waals surface area (Å²) in [5, 5.41) is 0. The van der Waals surface area contributed by atoms with Crippen LogP contribution in [0.2, 0.25) is 0 Å². The van der Waals surface area contributed by atoms with Crippen LogP contribution >= 0.6 is 0 Å². The van der Waals surface area contributed by atoms with E-state index in [0.717, 1.165) is 24.3 Å². The average molecular weight is 242 g/mol. The highest BCUT2D eigenvalue weighted by Gasteiger charge is 2.24. The van der Waals surface area contributed by atoms with Crippen LogP contribution in [0.1, 0.15) is 33.4 Å². The van der Waals surface area contributed by atoms with Gasteiger partial charge in [-0.1, -0.05) is 0 Å². The number of nitrogens with zero attached hydrogens (tertiary/aromatic N) is 2. The molecule has 0 fully saturated rings. The van der Waals surface area contributed by atoms with Crippen LogP contribution in [0.3, 0.4) is 0 Å². The van der Waals surface area contributed by atoms with E-state index in [9.17, 15) is 0 Å². The third kappa shape index (κ3) is 1.80. The fraction of sp³-hybridized carbons (Fsp3) is 0.500. The number of hydrogen-bond donors (Lipinski definition) is 0. The summed E-state index contributed by atoms with van der Waals surface area (Å²) in [6.45, 7) is 8.93. The van der Waals surface area contributed by atoms with Gasteiger partial charge in [-0.3, -0.25) is 9.98 Å². The van der Waals surface area contributed by atoms with Gasteiger partial charge in [-0.2, -0.15) is 0 Å². The molecule has 0 unspecified atom stereocenters. The highest BCUT2D eigenvalue weighted by molar-refractivity contribution is 6.44. The first-order valence-electron chi connectivity index (χ1n) is 6.51. The first-order valence-corrected chi connectivity index (χ1v) is 6.51. The van der Waals surface area contributed by atoms with Gasteiger partial charge < -0.3 is 0 Å². The molecular weight excluding hydrogens is 220 g/mol. The van der Waals surface area contributed by atoms with E-state index in [-0.39, 0.29) is 0 Å². The number of benzene rings is 1. The summed E-state index contributed by atoms with van der Waals surface area (Å²) in [5.41, 5.74) is 11.0. The molecule has 0 aliphatic heterocycles. The van der Waals surface area contributed by atoms with E-state index in [0.29, 0.717) is 0 Å². The molecule has 1 aliphatic carbocycles. The smallest absolute Gasteiger partial charge is 0.0602 e. The summed E-state index contributed by atoms with van der Waals surface area (Å²) >= 11 is 0. The molecule has 0 atom stereocenters. The Morgan fingerprint density at radius 1 is 0.611 bits per heavy atom. The van der Waals surface area contributed by atoms with Crippen molar-refractivity contribution in [1.82, 2.24) is 0 Å². The third-order valence-corrected chi connectivity index (χ3v) is 4.52. The number of aliphatic imine (C=N–C) groups is 2. The summed E-state index contributed by atoms with van der Waals surface area (Å²) < 4.78 is 0. The van der Waals surface area contributed by atoms with E-state index in [1.807, 2.05) is 14.1 Å². The third-order valence-electron chi connectivity index (χ3n) is 4.52. The summed E-state index contributed by atoms with van der Waals surface area (Å²) in [4.78, 5) is 8.81. The van der Waals surface area contributed by atoms with Gasteiger partial charge >= 0.3 is 0 Å². The zero-order valence-corrected chi connectivity index (χ0v) is 12.3. The number of hydrogen-bond acceptors (Lipinski definition) is 2. The van der Waals surface area contributed by atoms with Gasteiger partial charge in [0.2, 0.25) is 0 Å². The molecule has 0 N–H and O–H groups in total. The molecule has 2 nitrogen and oxygen atoms in total. The molecule has 0 saturated carbocycles. The van der Waals surface area contributed by atoms with Crippen molar-refractivity contribution in [3.05, 3.63) is 33.4 Å². The van der Waals surface area contributed by atoms with Gasteiger partial charge in [0.05, 0.1) is 11.4 Å². The molecule has 2 heteroatoms. The van der Waals surface area contributed by atoms with E-state index in [1.54, 1.807) is 0 Å². The van der Waals surface area contributed by atoms with Gasteiger partial charge in [0.1, 0.15) is 0 Å². The fourth-order valence-corrected chi connectivity index (χ4v) is 2.90. The van der Waals surface area contributed by atoms with Gasteiger partial charge in [-0.15, -0.1) is 0 Å². The van der Waals surface area contributed by atoms with Gasteiger partial charge in [0.25, 0.3) is 0 Å². The Labute approximate surface area is 110 Å². The quantitative estimate of drug-likeness (QED) is 0.667. The van der Waals surface area contributed by atoms with Gasteiger partial charge in [-0.05, 0) is 61.1 Å². The van der Waals surface area contributed by atoms with Gasteiger partial charge in [0.15, 0.2) is 0 Å². The summed E-state index contributed by atoms with van der Waals surface area (Å²) in [6, 6.07) is 0. The molecular formula is C16H22N2. The van der Waals surface area contributed by atoms with Gasteiger partial charge in [0, 0.05) is 26.9 Å². The lowest BCUT2D eigenvalue weighted by atomic mass is 9.80. The lowest BCUT2D eigenvalue weighted by molar-refractivity contribution is 1.05. The van der Waals surface area contributed by atoms with Crippen LogP contribution in [0.25, 0.3) is 0 Å². The van der Waals surface area contributed by atoms with Crippen molar-refractivity contribution in [3.63, 3.8) is 0 Å². The van der Waals surface area contributed by atoms with Crippen LogP contribution in [0, 0.1) is 27.7 Å². The molecule has 0 saturated heterocycles. The van der Waals surface area contributed by atoms with Crippen molar-refractivity contribution in [2.75, 3.05) is 14.1 Å². The maximum Gasteiger partial charge on any atom is 0.0602 e. The molecule has 1 aliphatic rings. The monoisotopic (exact) mass is 242 g/mol. The second-order valence-corrected chi connectivity index (χ2v) is 5.15. The molecule has 96 valence electrons. The largest absolute Gasteiger partial charge is 0.291 e. The molecule has 0 heterocycles. The number of fused-ring (bicyclic) bond motifs is 1. The fourth-order valence-electron chi connectivity index (χ4n) is 2.90. The molecule has 0 bridgehead atoms. The lowest BCUT2D eigenvalue weighted by Gasteiger charge is -2.26. The standard InChI is InChI=1S/C16H22N2/c1-9-10(2)12(4)14-8-16(18-6)15(17-5)7-13(14)11(9)3/h7-8H2,1-6H3. The minimum absolute atomic E-state index is 0.937. The van der Waals surface area contributed by atoms with Crippen LogP contribution in [0.4, 0.5) is 0 Å². The zero-order valence-electron chi connectivity index (χ0n) is 12.3. The summed E-state index contributed by atoms with van der Waals surface area (Å²) in [5.74, 6) is 0. The number of rotatable bonds is 0. The maximum absolute atomic E-state index is 4.41. The summed E-state index contributed by atoms with van der Waals surface area (Å²) in [6.07, 6.45) is 1.87. The molecule has 18 heavy (non-hydrogen) atoms. The van der Waals surface area contributed by atoms with Gasteiger partial charge in [-0.25, -0.2) is 0 Å². The van der Waals surface area contributed by atoms with Crippen molar-refractivity contribution >= 4 is 11.4 Å². The molecule has 1 aromatic carbocycles. The summed E-state index contributed by atoms with van der Waals surface area (Å²) in [7, 11) is 3.74. The lowest BCUT2D eigenvalue weighted by Crippen LogP contribution is -2.28. The first-order chi connectivity index (χ1) is 8.51. The van der Waals surface area contributed by atoms with Crippen LogP contribution in [-0.4, -0.2) is 25.5 Å². The van der Waals surface area contributed by atoms with Crippen molar-refractivity contribution in [2.45, 2.75) is 40.5 Å². The Kier molecular flexibility index (Phi) is 3.38. The zero-order chi connectivity index (χ0) is 13.4. The highest BCUT2D eigenvalue weighted by atomic mass is 14.8. The van der Waals surface area contributed by atoms with Crippen LogP contribution in [0.5, 0.6) is 0 Å².